The Hall–Kier alpha value is -3.75. The second kappa shape index (κ2) is 10.0. The fourth-order valence-electron chi connectivity index (χ4n) is 4.72. The van der Waals surface area contributed by atoms with Gasteiger partial charge in [0.2, 0.25) is 10.0 Å². The Morgan fingerprint density at radius 1 is 1.20 bits per heavy atom. The predicted octanol–water partition coefficient (Wildman–Crippen LogP) is 4.46. The number of aryl methyl sites for hydroxylation is 1. The number of carboxylic acids is 1. The Labute approximate surface area is 231 Å². The van der Waals surface area contributed by atoms with Crippen molar-refractivity contribution in [1.82, 2.24) is 29.1 Å². The Morgan fingerprint density at radius 3 is 2.58 bits per heavy atom. The number of benzene rings is 2. The van der Waals surface area contributed by atoms with Crippen molar-refractivity contribution in [3.63, 3.8) is 0 Å². The molecule has 5 rings (SSSR count). The highest BCUT2D eigenvalue weighted by Crippen LogP contribution is 2.55. The first-order valence-corrected chi connectivity index (χ1v) is 13.7. The molecule has 0 unspecified atom stereocenters. The maximum Gasteiger partial charge on any atom is 0.417 e. The number of carboxylic acid groups (broad SMARTS) is 1. The van der Waals surface area contributed by atoms with Crippen LogP contribution in [0.25, 0.3) is 5.69 Å². The molecule has 1 fully saturated rings. The van der Waals surface area contributed by atoms with Crippen LogP contribution in [0.15, 0.2) is 59.8 Å². The summed E-state index contributed by atoms with van der Waals surface area (Å²) in [6.45, 7) is -0.285. The van der Waals surface area contributed by atoms with E-state index in [-0.39, 0.29) is 23.9 Å². The predicted molar refractivity (Wildman–Crippen MR) is 137 cm³/mol. The molecule has 10 nitrogen and oxygen atoms in total. The number of aromatic carboxylic acids is 1. The van der Waals surface area contributed by atoms with Crippen LogP contribution in [0.3, 0.4) is 0 Å². The summed E-state index contributed by atoms with van der Waals surface area (Å²) in [5, 5.41) is 21.6. The van der Waals surface area contributed by atoms with E-state index in [0.717, 1.165) is 29.2 Å². The summed E-state index contributed by atoms with van der Waals surface area (Å²) in [5.74, 6) is -1.37. The summed E-state index contributed by atoms with van der Waals surface area (Å²) >= 11 is 5.94. The monoisotopic (exact) mass is 594 g/mol. The van der Waals surface area contributed by atoms with Gasteiger partial charge in [0, 0.05) is 38.7 Å². The van der Waals surface area contributed by atoms with Gasteiger partial charge in [0.05, 0.1) is 33.9 Å². The number of sulfonamides is 1. The van der Waals surface area contributed by atoms with E-state index in [2.05, 4.69) is 15.4 Å². The molecule has 0 amide bonds. The molecular weight excluding hydrogens is 573 g/mol. The lowest BCUT2D eigenvalue weighted by Gasteiger charge is -2.21. The van der Waals surface area contributed by atoms with Crippen LogP contribution in [0.5, 0.6) is 0 Å². The van der Waals surface area contributed by atoms with Crippen molar-refractivity contribution in [3.05, 3.63) is 88.0 Å². The first kappa shape index (κ1) is 27.8. The zero-order chi connectivity index (χ0) is 29.0. The number of carbonyl (C=O) groups is 1. The third-order valence-corrected chi connectivity index (χ3v) is 9.01. The first-order chi connectivity index (χ1) is 18.8. The Bertz CT molecular complexity index is 1720. The minimum Gasteiger partial charge on any atom is -0.478 e. The Morgan fingerprint density at radius 2 is 1.93 bits per heavy atom. The molecule has 1 saturated carbocycles. The number of alkyl halides is 3. The maximum atomic E-state index is 13.6. The van der Waals surface area contributed by atoms with Gasteiger partial charge in [-0.25, -0.2) is 17.9 Å². The zero-order valence-corrected chi connectivity index (χ0v) is 22.6. The summed E-state index contributed by atoms with van der Waals surface area (Å²) in [7, 11) is -1.76. The standard InChI is InChI=1S/C25H22ClF3N6O4S/c1-33-13-21(31-32-33)16-10-17(16)22-18(24(36)37)11-30-35(22)15-6-3-5-14(9-15)12-34(2)40(38,39)23-19(25(27,28)29)7-4-8-20(23)26/h3-9,11,13,16-17H,10,12H2,1-2H3,(H,36,37)/t16-,17-/m1/s1. The van der Waals surface area contributed by atoms with Crippen LogP contribution in [0.2, 0.25) is 5.02 Å². The van der Waals surface area contributed by atoms with Gasteiger partial charge in [0.1, 0.15) is 10.5 Å². The van der Waals surface area contributed by atoms with Gasteiger partial charge in [0.25, 0.3) is 0 Å². The van der Waals surface area contributed by atoms with E-state index in [4.69, 9.17) is 11.6 Å². The topological polar surface area (TPSA) is 123 Å². The van der Waals surface area contributed by atoms with Crippen LogP contribution in [0.1, 0.15) is 51.1 Å². The number of nitrogens with zero attached hydrogens (tertiary/aromatic N) is 6. The van der Waals surface area contributed by atoms with Gasteiger partial charge in [-0.1, -0.05) is 35.0 Å². The third kappa shape index (κ3) is 5.09. The number of aromatic nitrogens is 5. The molecule has 2 aromatic heterocycles. The van der Waals surface area contributed by atoms with Crippen LogP contribution in [0, 0.1) is 0 Å². The van der Waals surface area contributed by atoms with Gasteiger partial charge in [-0.2, -0.15) is 22.6 Å². The van der Waals surface area contributed by atoms with Gasteiger partial charge in [-0.15, -0.1) is 5.10 Å². The van der Waals surface area contributed by atoms with E-state index >= 15 is 0 Å². The van der Waals surface area contributed by atoms with Crippen LogP contribution < -0.4 is 0 Å². The van der Waals surface area contributed by atoms with E-state index in [1.54, 1.807) is 42.2 Å². The van der Waals surface area contributed by atoms with Crippen molar-refractivity contribution in [2.24, 2.45) is 7.05 Å². The van der Waals surface area contributed by atoms with E-state index in [9.17, 15) is 31.5 Å². The van der Waals surface area contributed by atoms with E-state index in [1.165, 1.54) is 10.9 Å². The Kier molecular flexibility index (Phi) is 6.96. The number of halogens is 4. The molecule has 4 aromatic rings. The van der Waals surface area contributed by atoms with Crippen molar-refractivity contribution in [3.8, 4) is 5.69 Å². The summed E-state index contributed by atoms with van der Waals surface area (Å²) in [6, 6.07) is 9.30. The van der Waals surface area contributed by atoms with Gasteiger partial charge >= 0.3 is 12.1 Å². The lowest BCUT2D eigenvalue weighted by atomic mass is 10.1. The van der Waals surface area contributed by atoms with E-state index in [0.29, 0.717) is 29.4 Å². The summed E-state index contributed by atoms with van der Waals surface area (Å²) < 4.78 is 71.1. The largest absolute Gasteiger partial charge is 0.478 e. The molecule has 2 heterocycles. The Balaban J connectivity index is 1.46. The molecule has 0 bridgehead atoms. The first-order valence-electron chi connectivity index (χ1n) is 11.9. The van der Waals surface area contributed by atoms with Crippen LogP contribution >= 0.6 is 11.6 Å². The SMILES string of the molecule is CN(Cc1cccc(-n2ncc(C(=O)O)c2[C@@H]2C[C@H]2c2cn(C)nn2)c1)S(=O)(=O)c1c(Cl)cccc1C(F)(F)F. The normalized spacial score (nSPS) is 17.4. The molecule has 210 valence electrons. The van der Waals surface area contributed by atoms with Crippen molar-refractivity contribution in [1.29, 1.82) is 0 Å². The fraction of sp³-hybridized carbons (Fsp3) is 0.280. The van der Waals surface area contributed by atoms with Crippen molar-refractivity contribution >= 4 is 27.6 Å². The molecule has 15 heteroatoms. The van der Waals surface area contributed by atoms with Crippen molar-refractivity contribution in [2.45, 2.75) is 35.9 Å². The highest BCUT2D eigenvalue weighted by molar-refractivity contribution is 7.89. The average Bonchev–Trinajstić information content (AvgIpc) is 3.32. The highest BCUT2D eigenvalue weighted by Gasteiger charge is 2.46. The molecule has 0 spiro atoms. The molecule has 2 aromatic carbocycles. The van der Waals surface area contributed by atoms with E-state index in [1.807, 2.05) is 0 Å². The van der Waals surface area contributed by atoms with Gasteiger partial charge < -0.3 is 5.11 Å². The van der Waals surface area contributed by atoms with Crippen LogP contribution in [-0.4, -0.2) is 55.6 Å². The zero-order valence-electron chi connectivity index (χ0n) is 21.0. The summed E-state index contributed by atoms with van der Waals surface area (Å²) in [4.78, 5) is 11.0. The molecule has 1 aliphatic rings. The molecule has 2 atom stereocenters. The quantitative estimate of drug-likeness (QED) is 0.319. The molecule has 0 radical (unpaired) electrons. The molecular formula is C25H22ClF3N6O4S. The van der Waals surface area contributed by atoms with E-state index < -0.39 is 37.7 Å². The highest BCUT2D eigenvalue weighted by atomic mass is 35.5. The fourth-order valence-corrected chi connectivity index (χ4v) is 6.60. The minimum atomic E-state index is -4.93. The lowest BCUT2D eigenvalue weighted by molar-refractivity contribution is -0.139. The molecule has 1 N–H and O–H groups in total. The molecule has 40 heavy (non-hydrogen) atoms. The van der Waals surface area contributed by atoms with Gasteiger partial charge in [0.15, 0.2) is 0 Å². The second-order valence-electron chi connectivity index (χ2n) is 9.47. The van der Waals surface area contributed by atoms with Crippen LogP contribution in [-0.2, 0) is 29.8 Å². The van der Waals surface area contributed by atoms with Crippen molar-refractivity contribution < 1.29 is 31.5 Å². The van der Waals surface area contributed by atoms with Crippen molar-refractivity contribution in [2.75, 3.05) is 7.05 Å². The average molecular weight is 595 g/mol. The smallest absolute Gasteiger partial charge is 0.417 e. The lowest BCUT2D eigenvalue weighted by Crippen LogP contribution is -2.29. The summed E-state index contributed by atoms with van der Waals surface area (Å²) in [6.07, 6.45) is -1.27. The molecule has 0 aliphatic heterocycles. The second-order valence-corrected chi connectivity index (χ2v) is 11.9. The van der Waals surface area contributed by atoms with Crippen LogP contribution in [0.4, 0.5) is 13.2 Å². The third-order valence-electron chi connectivity index (χ3n) is 6.68. The van der Waals surface area contributed by atoms with Gasteiger partial charge in [-0.05, 0) is 36.2 Å². The van der Waals surface area contributed by atoms with Gasteiger partial charge in [-0.3, -0.25) is 4.68 Å². The number of hydrogen-bond acceptors (Lipinski definition) is 6. The number of rotatable bonds is 8. The number of hydrogen-bond donors (Lipinski definition) is 1. The maximum absolute atomic E-state index is 13.6. The molecule has 0 saturated heterocycles. The molecule has 1 aliphatic carbocycles. The summed E-state index contributed by atoms with van der Waals surface area (Å²) in [5.41, 5.74) is 0.764. The minimum absolute atomic E-state index is 0.0277.